The Morgan fingerprint density at radius 3 is 2.73 bits per heavy atom. The van der Waals surface area contributed by atoms with Crippen LogP contribution in [0.15, 0.2) is 55.1 Å². The van der Waals surface area contributed by atoms with Crippen molar-refractivity contribution < 1.29 is 0 Å². The first-order valence-electron chi connectivity index (χ1n) is 4.67. The van der Waals surface area contributed by atoms with Gasteiger partial charge in [-0.25, -0.2) is 0 Å². The van der Waals surface area contributed by atoms with Crippen molar-refractivity contribution in [3.8, 4) is 6.07 Å². The molecule has 1 aromatic carbocycles. The van der Waals surface area contributed by atoms with E-state index in [-0.39, 0.29) is 0 Å². The van der Waals surface area contributed by atoms with Gasteiger partial charge < -0.3 is 0 Å². The van der Waals surface area contributed by atoms with Crippen molar-refractivity contribution in [2.24, 2.45) is 0 Å². The van der Waals surface area contributed by atoms with Crippen LogP contribution >= 0.6 is 0 Å². The fraction of sp³-hybridized carbons (Fsp3) is 0.0714. The van der Waals surface area contributed by atoms with Gasteiger partial charge in [0.1, 0.15) is 0 Å². The molecule has 15 heavy (non-hydrogen) atoms. The number of benzene rings is 1. The summed E-state index contributed by atoms with van der Waals surface area (Å²) in [6.07, 6.45) is 3.47. The Hall–Kier alpha value is -2.07. The summed E-state index contributed by atoms with van der Waals surface area (Å²) >= 11 is 0. The van der Waals surface area contributed by atoms with Crippen molar-refractivity contribution in [3.63, 3.8) is 0 Å². The minimum absolute atomic E-state index is 0.436. The molecule has 1 heteroatoms. The van der Waals surface area contributed by atoms with E-state index in [1.807, 2.05) is 31.2 Å². The first kappa shape index (κ1) is 11.0. The summed E-state index contributed by atoms with van der Waals surface area (Å²) in [5, 5.41) is 8.65. The molecule has 0 radical (unpaired) electrons. The van der Waals surface area contributed by atoms with E-state index in [9.17, 15) is 0 Å². The number of rotatable bonds is 3. The van der Waals surface area contributed by atoms with E-state index in [4.69, 9.17) is 5.26 Å². The number of hydrogen-bond donors (Lipinski definition) is 0. The lowest BCUT2D eigenvalue weighted by Crippen LogP contribution is -1.83. The Kier molecular flexibility index (Phi) is 3.65. The minimum atomic E-state index is 0.436. The van der Waals surface area contributed by atoms with E-state index in [2.05, 4.69) is 19.2 Å². The smallest absolute Gasteiger partial charge is 0.0985 e. The van der Waals surface area contributed by atoms with Crippen molar-refractivity contribution in [3.05, 3.63) is 66.3 Å². The number of hydrogen-bond acceptors (Lipinski definition) is 1. The molecule has 0 aliphatic carbocycles. The van der Waals surface area contributed by atoms with Gasteiger partial charge in [0.15, 0.2) is 0 Å². The topological polar surface area (TPSA) is 23.8 Å². The Morgan fingerprint density at radius 1 is 1.47 bits per heavy atom. The van der Waals surface area contributed by atoms with Gasteiger partial charge in [-0.15, -0.1) is 0 Å². The van der Waals surface area contributed by atoms with Crippen molar-refractivity contribution in [2.45, 2.75) is 6.92 Å². The molecule has 0 fully saturated rings. The second-order valence-corrected chi connectivity index (χ2v) is 3.31. The normalized spacial score (nSPS) is 10.5. The highest BCUT2D eigenvalue weighted by atomic mass is 14.2. The van der Waals surface area contributed by atoms with E-state index in [1.54, 1.807) is 12.2 Å². The van der Waals surface area contributed by atoms with Gasteiger partial charge in [0.2, 0.25) is 0 Å². The molecule has 1 rings (SSSR count). The number of nitrogens with zero attached hydrogens (tertiary/aromatic N) is 1. The number of nitriles is 1. The Morgan fingerprint density at radius 2 is 2.20 bits per heavy atom. The summed E-state index contributed by atoms with van der Waals surface area (Å²) in [4.78, 5) is 0. The van der Waals surface area contributed by atoms with Gasteiger partial charge in [-0.3, -0.25) is 0 Å². The molecule has 1 nitrogen and oxygen atoms in total. The predicted molar refractivity (Wildman–Crippen MR) is 64.1 cm³/mol. The molecule has 0 spiro atoms. The zero-order valence-corrected chi connectivity index (χ0v) is 8.83. The third kappa shape index (κ3) is 2.96. The van der Waals surface area contributed by atoms with Gasteiger partial charge in [-0.05, 0) is 24.1 Å². The lowest BCUT2D eigenvalue weighted by molar-refractivity contribution is 1.45. The van der Waals surface area contributed by atoms with Crippen LogP contribution in [0.1, 0.15) is 11.1 Å². The van der Waals surface area contributed by atoms with E-state index in [0.29, 0.717) is 5.57 Å². The van der Waals surface area contributed by atoms with E-state index < -0.39 is 0 Å². The molecule has 0 aliphatic rings. The van der Waals surface area contributed by atoms with Gasteiger partial charge >= 0.3 is 0 Å². The highest BCUT2D eigenvalue weighted by Gasteiger charge is 1.98. The summed E-state index contributed by atoms with van der Waals surface area (Å²) in [6.45, 7) is 9.39. The van der Waals surface area contributed by atoms with Gasteiger partial charge in [0, 0.05) is 5.57 Å². The number of aryl methyl sites for hydroxylation is 1. The molecular formula is C14H13N. The summed E-state index contributed by atoms with van der Waals surface area (Å²) in [6, 6.07) is 10.1. The average molecular weight is 195 g/mol. The summed E-state index contributed by atoms with van der Waals surface area (Å²) in [7, 11) is 0. The van der Waals surface area contributed by atoms with E-state index >= 15 is 0 Å². The molecule has 1 aromatic rings. The van der Waals surface area contributed by atoms with Crippen LogP contribution in [0.25, 0.3) is 5.57 Å². The van der Waals surface area contributed by atoms with E-state index in [1.165, 1.54) is 5.56 Å². The molecule has 0 atom stereocenters. The summed E-state index contributed by atoms with van der Waals surface area (Å²) < 4.78 is 0. The van der Waals surface area contributed by atoms with Crippen LogP contribution in [0.3, 0.4) is 0 Å². The molecule has 0 aliphatic heterocycles. The Labute approximate surface area is 90.7 Å². The third-order valence-corrected chi connectivity index (χ3v) is 2.04. The minimum Gasteiger partial charge on any atom is -0.192 e. The van der Waals surface area contributed by atoms with Crippen molar-refractivity contribution in [1.29, 1.82) is 5.26 Å². The van der Waals surface area contributed by atoms with Crippen LogP contribution in [-0.4, -0.2) is 0 Å². The van der Waals surface area contributed by atoms with Crippen LogP contribution in [0.4, 0.5) is 0 Å². The maximum Gasteiger partial charge on any atom is 0.0985 e. The van der Waals surface area contributed by atoms with Gasteiger partial charge in [-0.2, -0.15) is 5.26 Å². The fourth-order valence-electron chi connectivity index (χ4n) is 1.30. The third-order valence-electron chi connectivity index (χ3n) is 2.04. The second-order valence-electron chi connectivity index (χ2n) is 3.31. The van der Waals surface area contributed by atoms with Crippen LogP contribution in [0.5, 0.6) is 0 Å². The fourth-order valence-corrected chi connectivity index (χ4v) is 1.30. The SMILES string of the molecule is C=C/C(=C\C(=C)C#N)c1cccc(C)c1. The largest absolute Gasteiger partial charge is 0.192 e. The predicted octanol–water partition coefficient (Wildman–Crippen LogP) is 3.64. The molecule has 0 saturated carbocycles. The van der Waals surface area contributed by atoms with Crippen molar-refractivity contribution >= 4 is 5.57 Å². The second kappa shape index (κ2) is 4.97. The molecular weight excluding hydrogens is 182 g/mol. The maximum absolute atomic E-state index is 8.65. The van der Waals surface area contributed by atoms with Gasteiger partial charge in [0.25, 0.3) is 0 Å². The monoisotopic (exact) mass is 195 g/mol. The van der Waals surface area contributed by atoms with Crippen molar-refractivity contribution in [1.82, 2.24) is 0 Å². The van der Waals surface area contributed by atoms with Crippen LogP contribution in [-0.2, 0) is 0 Å². The highest BCUT2D eigenvalue weighted by Crippen LogP contribution is 2.18. The zero-order valence-electron chi connectivity index (χ0n) is 8.83. The molecule has 0 amide bonds. The molecule has 0 aromatic heterocycles. The Bertz CT molecular complexity index is 458. The van der Waals surface area contributed by atoms with Gasteiger partial charge in [0.05, 0.1) is 6.07 Å². The zero-order chi connectivity index (χ0) is 11.3. The highest BCUT2D eigenvalue weighted by molar-refractivity contribution is 5.76. The van der Waals surface area contributed by atoms with Gasteiger partial charge in [-0.1, -0.05) is 49.1 Å². The first-order valence-corrected chi connectivity index (χ1v) is 4.67. The van der Waals surface area contributed by atoms with Crippen LogP contribution < -0.4 is 0 Å². The summed E-state index contributed by atoms with van der Waals surface area (Å²) in [5.74, 6) is 0. The van der Waals surface area contributed by atoms with E-state index in [0.717, 1.165) is 11.1 Å². The maximum atomic E-state index is 8.65. The molecule has 0 bridgehead atoms. The molecule has 0 unspecified atom stereocenters. The van der Waals surface area contributed by atoms with Crippen molar-refractivity contribution in [2.75, 3.05) is 0 Å². The van der Waals surface area contributed by atoms with Crippen LogP contribution in [0, 0.1) is 18.3 Å². The molecule has 0 N–H and O–H groups in total. The lowest BCUT2D eigenvalue weighted by atomic mass is 10.0. The molecule has 74 valence electrons. The summed E-state index contributed by atoms with van der Waals surface area (Å²) in [5.41, 5.74) is 3.60. The molecule has 0 saturated heterocycles. The quantitative estimate of drug-likeness (QED) is 0.533. The lowest BCUT2D eigenvalue weighted by Gasteiger charge is -2.03. The average Bonchev–Trinajstić information content (AvgIpc) is 2.25. The number of allylic oxidation sites excluding steroid dienone is 4. The first-order chi connectivity index (χ1) is 7.17. The van der Waals surface area contributed by atoms with Crippen LogP contribution in [0.2, 0.25) is 0 Å². The Balaban J connectivity index is 3.14. The molecule has 0 heterocycles. The standard InChI is InChI=1S/C14H13N/c1-4-13(9-12(3)10-15)14-7-5-6-11(2)8-14/h4-9H,1,3H2,2H3/b13-9+.